The van der Waals surface area contributed by atoms with Gasteiger partial charge in [0.15, 0.2) is 0 Å². The molecule has 1 atom stereocenters. The first-order valence-corrected chi connectivity index (χ1v) is 4.30. The highest BCUT2D eigenvalue weighted by Crippen LogP contribution is 2.21. The topological polar surface area (TPSA) is 46.3 Å². The number of nitrogens with zero attached hydrogens (tertiary/aromatic N) is 1. The molecule has 84 valence electrons. The fraction of sp³-hybridized carbons (Fsp3) is 0.875. The van der Waals surface area contributed by atoms with Crippen molar-refractivity contribution >= 4 is 5.91 Å². The van der Waals surface area contributed by atoms with Gasteiger partial charge in [0.1, 0.15) is 6.42 Å². The third-order valence-electron chi connectivity index (χ3n) is 1.99. The second kappa shape index (κ2) is 5.19. The van der Waals surface area contributed by atoms with E-state index in [-0.39, 0.29) is 6.04 Å². The van der Waals surface area contributed by atoms with E-state index in [0.29, 0.717) is 13.0 Å². The zero-order chi connectivity index (χ0) is 11.4. The van der Waals surface area contributed by atoms with Gasteiger partial charge in [-0.15, -0.1) is 0 Å². The third-order valence-corrected chi connectivity index (χ3v) is 1.99. The maximum atomic E-state index is 11.8. The third kappa shape index (κ3) is 5.06. The molecule has 0 saturated heterocycles. The highest BCUT2D eigenvalue weighted by Gasteiger charge is 2.33. The summed E-state index contributed by atoms with van der Waals surface area (Å²) in [7, 11) is 1.36. The van der Waals surface area contributed by atoms with Gasteiger partial charge in [0.2, 0.25) is 5.91 Å². The number of hydrogen-bond acceptors (Lipinski definition) is 2. The van der Waals surface area contributed by atoms with E-state index in [4.69, 9.17) is 5.73 Å². The first kappa shape index (κ1) is 13.2. The molecule has 0 saturated carbocycles. The lowest BCUT2D eigenvalue weighted by molar-refractivity contribution is -0.161. The standard InChI is InChI=1S/C8H15F3N2O/c1-6(3-4-12)13(2)7(14)5-8(9,10)11/h6H,3-5,12H2,1-2H3. The Balaban J connectivity index is 4.12. The SMILES string of the molecule is CC(CCN)N(C)C(=O)CC(F)(F)F. The average Bonchev–Trinajstić information content (AvgIpc) is 2.00. The molecule has 0 aromatic carbocycles. The van der Waals surface area contributed by atoms with E-state index in [0.717, 1.165) is 4.90 Å². The van der Waals surface area contributed by atoms with Crippen molar-refractivity contribution in [2.45, 2.75) is 32.0 Å². The number of rotatable bonds is 4. The first-order valence-electron chi connectivity index (χ1n) is 4.30. The van der Waals surface area contributed by atoms with Crippen LogP contribution in [0.2, 0.25) is 0 Å². The van der Waals surface area contributed by atoms with E-state index in [1.807, 2.05) is 0 Å². The maximum Gasteiger partial charge on any atom is 0.397 e. The summed E-state index contributed by atoms with van der Waals surface area (Å²) in [5, 5.41) is 0. The summed E-state index contributed by atoms with van der Waals surface area (Å²) in [4.78, 5) is 12.1. The van der Waals surface area contributed by atoms with Crippen LogP contribution in [-0.4, -0.2) is 36.6 Å². The lowest BCUT2D eigenvalue weighted by Crippen LogP contribution is -2.38. The van der Waals surface area contributed by atoms with Crippen molar-refractivity contribution in [3.63, 3.8) is 0 Å². The molecule has 0 bridgehead atoms. The lowest BCUT2D eigenvalue weighted by Gasteiger charge is -2.24. The number of hydrogen-bond donors (Lipinski definition) is 1. The molecular weight excluding hydrogens is 197 g/mol. The van der Waals surface area contributed by atoms with Crippen molar-refractivity contribution in [3.8, 4) is 0 Å². The van der Waals surface area contributed by atoms with Crippen LogP contribution in [0.4, 0.5) is 13.2 Å². The molecule has 1 unspecified atom stereocenters. The zero-order valence-electron chi connectivity index (χ0n) is 8.27. The molecule has 0 aromatic heterocycles. The number of halogens is 3. The van der Waals surface area contributed by atoms with Crippen molar-refractivity contribution in [1.82, 2.24) is 4.90 Å². The van der Waals surface area contributed by atoms with Gasteiger partial charge in [-0.25, -0.2) is 0 Å². The molecule has 14 heavy (non-hydrogen) atoms. The molecule has 3 nitrogen and oxygen atoms in total. The maximum absolute atomic E-state index is 11.8. The summed E-state index contributed by atoms with van der Waals surface area (Å²) in [5.41, 5.74) is 5.23. The number of amides is 1. The molecule has 0 aliphatic heterocycles. The van der Waals surface area contributed by atoms with Crippen LogP contribution in [0.5, 0.6) is 0 Å². The van der Waals surface area contributed by atoms with Crippen LogP contribution in [-0.2, 0) is 4.79 Å². The molecule has 0 fully saturated rings. The van der Waals surface area contributed by atoms with Gasteiger partial charge in [-0.1, -0.05) is 0 Å². The molecule has 0 rings (SSSR count). The van der Waals surface area contributed by atoms with E-state index in [9.17, 15) is 18.0 Å². The number of carbonyl (C=O) groups excluding carboxylic acids is 1. The average molecular weight is 212 g/mol. The second-order valence-corrected chi connectivity index (χ2v) is 3.22. The number of alkyl halides is 3. The molecule has 1 amide bonds. The summed E-state index contributed by atoms with van der Waals surface area (Å²) >= 11 is 0. The Morgan fingerprint density at radius 1 is 1.50 bits per heavy atom. The summed E-state index contributed by atoms with van der Waals surface area (Å²) in [6.07, 6.45) is -5.34. The number of carbonyl (C=O) groups is 1. The lowest BCUT2D eigenvalue weighted by atomic mass is 10.2. The zero-order valence-corrected chi connectivity index (χ0v) is 8.27. The summed E-state index contributed by atoms with van der Waals surface area (Å²) in [6.45, 7) is 2.02. The minimum atomic E-state index is -4.44. The van der Waals surface area contributed by atoms with Gasteiger partial charge in [-0.2, -0.15) is 13.2 Å². The Morgan fingerprint density at radius 2 is 2.00 bits per heavy atom. The van der Waals surface area contributed by atoms with Gasteiger partial charge in [0, 0.05) is 13.1 Å². The van der Waals surface area contributed by atoms with Gasteiger partial charge in [0.25, 0.3) is 0 Å². The van der Waals surface area contributed by atoms with Gasteiger partial charge < -0.3 is 10.6 Å². The molecule has 0 aromatic rings. The monoisotopic (exact) mass is 212 g/mol. The van der Waals surface area contributed by atoms with E-state index in [2.05, 4.69) is 0 Å². The Bertz CT molecular complexity index is 194. The smallest absolute Gasteiger partial charge is 0.343 e. The van der Waals surface area contributed by atoms with Crippen LogP contribution < -0.4 is 5.73 Å². The fourth-order valence-corrected chi connectivity index (χ4v) is 0.977. The van der Waals surface area contributed by atoms with E-state index < -0.39 is 18.5 Å². The van der Waals surface area contributed by atoms with Crippen molar-refractivity contribution < 1.29 is 18.0 Å². The predicted molar refractivity (Wildman–Crippen MR) is 46.6 cm³/mol. The summed E-state index contributed by atoms with van der Waals surface area (Å²) in [6, 6.07) is -0.255. The first-order chi connectivity index (χ1) is 6.28. The van der Waals surface area contributed by atoms with E-state index in [1.165, 1.54) is 7.05 Å². The van der Waals surface area contributed by atoms with Crippen LogP contribution >= 0.6 is 0 Å². The molecule has 2 N–H and O–H groups in total. The number of nitrogens with two attached hydrogens (primary N) is 1. The molecule has 0 aliphatic carbocycles. The second-order valence-electron chi connectivity index (χ2n) is 3.22. The molecule has 6 heteroatoms. The highest BCUT2D eigenvalue weighted by atomic mass is 19.4. The Labute approximate surface area is 81.1 Å². The molecule has 0 spiro atoms. The van der Waals surface area contributed by atoms with Crippen molar-refractivity contribution in [2.75, 3.05) is 13.6 Å². The van der Waals surface area contributed by atoms with Crippen molar-refractivity contribution in [1.29, 1.82) is 0 Å². The van der Waals surface area contributed by atoms with E-state index in [1.54, 1.807) is 6.92 Å². The molecule has 0 aliphatic rings. The van der Waals surface area contributed by atoms with Gasteiger partial charge in [0.05, 0.1) is 0 Å². The van der Waals surface area contributed by atoms with Crippen LogP contribution in [0.15, 0.2) is 0 Å². The minimum Gasteiger partial charge on any atom is -0.343 e. The van der Waals surface area contributed by atoms with E-state index >= 15 is 0 Å². The predicted octanol–water partition coefficient (Wildman–Crippen LogP) is 1.13. The Morgan fingerprint density at radius 3 is 2.36 bits per heavy atom. The highest BCUT2D eigenvalue weighted by molar-refractivity contribution is 5.76. The largest absolute Gasteiger partial charge is 0.397 e. The van der Waals surface area contributed by atoms with Crippen LogP contribution in [0.25, 0.3) is 0 Å². The van der Waals surface area contributed by atoms with Crippen LogP contribution in [0.3, 0.4) is 0 Å². The van der Waals surface area contributed by atoms with Gasteiger partial charge in [-0.3, -0.25) is 4.79 Å². The van der Waals surface area contributed by atoms with Crippen LogP contribution in [0, 0.1) is 0 Å². The summed E-state index contributed by atoms with van der Waals surface area (Å²) < 4.78 is 35.5. The molecular formula is C8H15F3N2O. The molecule has 0 radical (unpaired) electrons. The van der Waals surface area contributed by atoms with Crippen molar-refractivity contribution in [2.24, 2.45) is 5.73 Å². The summed E-state index contributed by atoms with van der Waals surface area (Å²) in [5.74, 6) is -0.918. The fourth-order valence-electron chi connectivity index (χ4n) is 0.977. The van der Waals surface area contributed by atoms with Gasteiger partial charge in [-0.05, 0) is 19.9 Å². The van der Waals surface area contributed by atoms with Gasteiger partial charge >= 0.3 is 6.18 Å². The normalized spacial score (nSPS) is 13.9. The molecule has 0 heterocycles. The minimum absolute atomic E-state index is 0.255. The van der Waals surface area contributed by atoms with Crippen LogP contribution in [0.1, 0.15) is 19.8 Å². The van der Waals surface area contributed by atoms with Crippen molar-refractivity contribution in [3.05, 3.63) is 0 Å². The Kier molecular flexibility index (Phi) is 4.90. The quantitative estimate of drug-likeness (QED) is 0.759. The Hall–Kier alpha value is -0.780.